The highest BCUT2D eigenvalue weighted by Crippen LogP contribution is 2.36. The minimum Gasteiger partial charge on any atom is -0.463 e. The number of ketones is 1. The molecule has 3 rings (SSSR count). The van der Waals surface area contributed by atoms with E-state index in [0.29, 0.717) is 27.4 Å². The summed E-state index contributed by atoms with van der Waals surface area (Å²) in [6, 6.07) is 13.7. The van der Waals surface area contributed by atoms with Crippen LogP contribution in [0.3, 0.4) is 0 Å². The Bertz CT molecular complexity index is 1120. The van der Waals surface area contributed by atoms with Gasteiger partial charge in [0.1, 0.15) is 23.3 Å². The molecule has 0 bridgehead atoms. The van der Waals surface area contributed by atoms with Crippen LogP contribution in [-0.2, 0) is 14.3 Å². The highest BCUT2D eigenvalue weighted by Gasteiger charge is 2.19. The summed E-state index contributed by atoms with van der Waals surface area (Å²) >= 11 is 2.59. The van der Waals surface area contributed by atoms with E-state index in [-0.39, 0.29) is 29.9 Å². The fourth-order valence-electron chi connectivity index (χ4n) is 2.79. The van der Waals surface area contributed by atoms with Crippen molar-refractivity contribution in [2.24, 2.45) is 0 Å². The van der Waals surface area contributed by atoms with Crippen LogP contribution >= 0.6 is 23.1 Å². The molecule has 0 unspecified atom stereocenters. The van der Waals surface area contributed by atoms with Crippen molar-refractivity contribution >= 4 is 34.9 Å². The topological polar surface area (TPSA) is 80.1 Å². The zero-order valence-corrected chi connectivity index (χ0v) is 18.6. The van der Waals surface area contributed by atoms with Crippen LogP contribution in [0, 0.1) is 17.1 Å². The number of ether oxygens (including phenoxy) is 1. The van der Waals surface area contributed by atoms with Gasteiger partial charge < -0.3 is 4.74 Å². The maximum Gasteiger partial charge on any atom is 0.313 e. The van der Waals surface area contributed by atoms with Crippen molar-refractivity contribution in [3.05, 3.63) is 59.2 Å². The number of nitrogens with zero attached hydrogens (tertiary/aromatic N) is 2. The second-order valence-electron chi connectivity index (χ2n) is 6.87. The van der Waals surface area contributed by atoms with Crippen LogP contribution < -0.4 is 0 Å². The monoisotopic (exact) mass is 454 g/mol. The van der Waals surface area contributed by atoms with E-state index in [1.165, 1.54) is 23.5 Å². The first kappa shape index (κ1) is 22.7. The van der Waals surface area contributed by atoms with Crippen molar-refractivity contribution in [3.8, 4) is 27.8 Å². The number of Topliss-reactive ketones (excluding diaryl/α,β-unsaturated/α-hetero) is 1. The predicted molar refractivity (Wildman–Crippen MR) is 119 cm³/mol. The second kappa shape index (κ2) is 10.3. The fraction of sp³-hybridized carbons (Fsp3) is 0.217. The average Bonchev–Trinajstić information content (AvgIpc) is 3.26. The van der Waals surface area contributed by atoms with Gasteiger partial charge in [-0.1, -0.05) is 17.8 Å². The van der Waals surface area contributed by atoms with E-state index in [9.17, 15) is 19.2 Å². The number of carbonyl (C=O) groups excluding carboxylic acids is 2. The van der Waals surface area contributed by atoms with Gasteiger partial charge in [0.2, 0.25) is 0 Å². The maximum absolute atomic E-state index is 13.4. The lowest BCUT2D eigenvalue weighted by atomic mass is 10.0. The van der Waals surface area contributed by atoms with E-state index in [0.717, 1.165) is 16.6 Å². The maximum atomic E-state index is 13.4. The number of benzene rings is 1. The molecule has 1 aromatic carbocycles. The van der Waals surface area contributed by atoms with Crippen molar-refractivity contribution in [2.75, 3.05) is 5.75 Å². The smallest absolute Gasteiger partial charge is 0.313 e. The number of aromatic nitrogens is 1. The Balaban J connectivity index is 1.92. The van der Waals surface area contributed by atoms with Gasteiger partial charge in [0.25, 0.3) is 0 Å². The first-order valence-electron chi connectivity index (χ1n) is 9.46. The number of halogens is 1. The Kier molecular flexibility index (Phi) is 7.55. The van der Waals surface area contributed by atoms with Gasteiger partial charge in [0.15, 0.2) is 5.78 Å². The Morgan fingerprint density at radius 3 is 2.61 bits per heavy atom. The lowest BCUT2D eigenvalue weighted by molar-refractivity contribution is -0.149. The molecule has 0 spiro atoms. The van der Waals surface area contributed by atoms with E-state index in [4.69, 9.17) is 4.74 Å². The Morgan fingerprint density at radius 2 is 2.00 bits per heavy atom. The van der Waals surface area contributed by atoms with Crippen LogP contribution in [0.2, 0.25) is 0 Å². The number of pyridine rings is 1. The largest absolute Gasteiger partial charge is 0.463 e. The van der Waals surface area contributed by atoms with E-state index < -0.39 is 5.97 Å². The third-order valence-electron chi connectivity index (χ3n) is 4.10. The fourth-order valence-corrected chi connectivity index (χ4v) is 4.41. The van der Waals surface area contributed by atoms with E-state index in [1.54, 1.807) is 32.0 Å². The molecule has 31 heavy (non-hydrogen) atoms. The van der Waals surface area contributed by atoms with Crippen molar-refractivity contribution in [1.82, 2.24) is 4.98 Å². The average molecular weight is 455 g/mol. The molecule has 0 aliphatic heterocycles. The molecule has 0 aliphatic rings. The number of hydrogen-bond acceptors (Lipinski definition) is 7. The molecular formula is C23H19FN2O3S2. The molecule has 3 aromatic rings. The van der Waals surface area contributed by atoms with Crippen LogP contribution in [0.25, 0.3) is 21.7 Å². The van der Waals surface area contributed by atoms with E-state index in [1.807, 2.05) is 17.5 Å². The lowest BCUT2D eigenvalue weighted by Crippen LogP contribution is -2.16. The van der Waals surface area contributed by atoms with Gasteiger partial charge >= 0.3 is 5.97 Å². The van der Waals surface area contributed by atoms with Gasteiger partial charge in [-0.05, 0) is 55.6 Å². The Hall–Kier alpha value is -3.02. The molecule has 0 atom stereocenters. The minimum atomic E-state index is -0.576. The molecule has 0 aliphatic carbocycles. The van der Waals surface area contributed by atoms with Crippen LogP contribution in [-0.4, -0.2) is 28.6 Å². The zero-order chi connectivity index (χ0) is 22.4. The number of esters is 1. The number of carbonyl (C=O) groups is 2. The van der Waals surface area contributed by atoms with E-state index in [2.05, 4.69) is 11.1 Å². The summed E-state index contributed by atoms with van der Waals surface area (Å²) in [5.41, 5.74) is 2.31. The summed E-state index contributed by atoms with van der Waals surface area (Å²) in [5.74, 6) is -1.27. The Morgan fingerprint density at radius 1 is 1.26 bits per heavy atom. The van der Waals surface area contributed by atoms with Crippen LogP contribution in [0.4, 0.5) is 4.39 Å². The first-order chi connectivity index (χ1) is 14.9. The number of rotatable bonds is 8. The molecule has 0 fully saturated rings. The number of thioether (sulfide) groups is 1. The molecule has 0 saturated heterocycles. The zero-order valence-electron chi connectivity index (χ0n) is 16.9. The summed E-state index contributed by atoms with van der Waals surface area (Å²) in [6.45, 7) is 3.43. The summed E-state index contributed by atoms with van der Waals surface area (Å²) in [7, 11) is 0. The molecule has 2 heterocycles. The summed E-state index contributed by atoms with van der Waals surface area (Å²) < 4.78 is 18.4. The summed E-state index contributed by atoms with van der Waals surface area (Å²) in [6.07, 6.45) is -0.622. The van der Waals surface area contributed by atoms with Gasteiger partial charge in [-0.3, -0.25) is 9.59 Å². The standard InChI is InChI=1S/C23H19FN2O3S2/c1-14(2)29-22(28)10-17(27)13-31-23-19(12-25)18(21-4-3-9-30-21)11-20(26-23)15-5-7-16(24)8-6-15/h3-9,11,14H,10,13H2,1-2H3. The molecule has 0 amide bonds. The molecule has 0 saturated carbocycles. The van der Waals surface area contributed by atoms with Crippen molar-refractivity contribution in [3.63, 3.8) is 0 Å². The summed E-state index contributed by atoms with van der Waals surface area (Å²) in [5, 5.41) is 12.1. The molecule has 0 N–H and O–H groups in total. The number of hydrogen-bond donors (Lipinski definition) is 0. The van der Waals surface area contributed by atoms with Crippen molar-refractivity contribution < 1.29 is 18.7 Å². The van der Waals surface area contributed by atoms with Gasteiger partial charge in [-0.15, -0.1) is 11.3 Å². The normalized spacial score (nSPS) is 10.7. The van der Waals surface area contributed by atoms with Gasteiger partial charge in [-0.25, -0.2) is 9.37 Å². The predicted octanol–water partition coefficient (Wildman–Crippen LogP) is 5.49. The van der Waals surface area contributed by atoms with Crippen molar-refractivity contribution in [2.45, 2.75) is 31.4 Å². The van der Waals surface area contributed by atoms with Crippen LogP contribution in [0.1, 0.15) is 25.8 Å². The van der Waals surface area contributed by atoms with Crippen LogP contribution in [0.5, 0.6) is 0 Å². The van der Waals surface area contributed by atoms with Crippen molar-refractivity contribution in [1.29, 1.82) is 5.26 Å². The lowest BCUT2D eigenvalue weighted by Gasteiger charge is -2.11. The van der Waals surface area contributed by atoms with Gasteiger partial charge in [0.05, 0.1) is 23.1 Å². The first-order valence-corrected chi connectivity index (χ1v) is 11.3. The number of nitriles is 1. The van der Waals surface area contributed by atoms with Gasteiger partial charge in [-0.2, -0.15) is 5.26 Å². The highest BCUT2D eigenvalue weighted by atomic mass is 32.2. The number of thiophene rings is 1. The summed E-state index contributed by atoms with van der Waals surface area (Å²) in [4.78, 5) is 29.4. The molecule has 158 valence electrons. The minimum absolute atomic E-state index is 0.0222. The SMILES string of the molecule is CC(C)OC(=O)CC(=O)CSc1nc(-c2ccc(F)cc2)cc(-c2cccs2)c1C#N. The molecular weight excluding hydrogens is 435 g/mol. The highest BCUT2D eigenvalue weighted by molar-refractivity contribution is 8.00. The third-order valence-corrected chi connectivity index (χ3v) is 6.04. The Labute approximate surface area is 187 Å². The molecule has 5 nitrogen and oxygen atoms in total. The molecule has 0 radical (unpaired) electrons. The quantitative estimate of drug-likeness (QED) is 0.254. The van der Waals surface area contributed by atoms with E-state index >= 15 is 0 Å². The molecule has 2 aromatic heterocycles. The van der Waals surface area contributed by atoms with Gasteiger partial charge in [0, 0.05) is 16.0 Å². The second-order valence-corrected chi connectivity index (χ2v) is 8.79. The molecule has 8 heteroatoms. The van der Waals surface area contributed by atoms with Crippen LogP contribution in [0.15, 0.2) is 52.9 Å². The third kappa shape index (κ3) is 6.00.